The number of furan rings is 1. The first kappa shape index (κ1) is 19.0. The number of hydrogen-bond donors (Lipinski definition) is 2. The van der Waals surface area contributed by atoms with E-state index in [1.807, 2.05) is 6.92 Å². The molecular weight excluding hydrogens is 352 g/mol. The summed E-state index contributed by atoms with van der Waals surface area (Å²) in [6, 6.07) is 3.40. The molecule has 3 heterocycles. The number of carbonyl (C=O) groups is 1. The summed E-state index contributed by atoms with van der Waals surface area (Å²) in [5, 5.41) is 0. The molecule has 2 aromatic heterocycles. The topological polar surface area (TPSA) is 124 Å². The second kappa shape index (κ2) is 8.26. The summed E-state index contributed by atoms with van der Waals surface area (Å²) in [6.07, 6.45) is 3.75. The second-order valence-electron chi connectivity index (χ2n) is 6.50. The van der Waals surface area contributed by atoms with E-state index in [1.54, 1.807) is 12.1 Å². The summed E-state index contributed by atoms with van der Waals surface area (Å²) in [7, 11) is 0. The first-order chi connectivity index (χ1) is 13.0. The van der Waals surface area contributed by atoms with Crippen LogP contribution in [0.3, 0.4) is 0 Å². The number of amides is 1. The molecule has 0 radical (unpaired) electrons. The number of nitrogens with one attached hydrogen (secondary N) is 1. The van der Waals surface area contributed by atoms with Gasteiger partial charge >= 0.3 is 5.69 Å². The van der Waals surface area contributed by atoms with Gasteiger partial charge in [0.05, 0.1) is 12.8 Å². The molecule has 1 atom stereocenters. The predicted molar refractivity (Wildman–Crippen MR) is 99.5 cm³/mol. The van der Waals surface area contributed by atoms with E-state index in [2.05, 4.69) is 4.98 Å². The maximum absolute atomic E-state index is 13.1. The van der Waals surface area contributed by atoms with E-state index < -0.39 is 17.4 Å². The van der Waals surface area contributed by atoms with Crippen LogP contribution in [0.15, 0.2) is 32.4 Å². The third kappa shape index (κ3) is 3.97. The molecule has 27 heavy (non-hydrogen) atoms. The molecule has 0 aliphatic carbocycles. The molecule has 0 aromatic carbocycles. The zero-order chi connectivity index (χ0) is 19.4. The summed E-state index contributed by atoms with van der Waals surface area (Å²) < 4.78 is 12.1. The number of anilines is 2. The molecule has 1 fully saturated rings. The lowest BCUT2D eigenvalue weighted by Crippen LogP contribution is -2.44. The number of ether oxygens (including phenoxy) is 1. The van der Waals surface area contributed by atoms with Crippen LogP contribution >= 0.6 is 0 Å². The van der Waals surface area contributed by atoms with E-state index in [4.69, 9.17) is 14.9 Å². The maximum Gasteiger partial charge on any atom is 0.330 e. The van der Waals surface area contributed by atoms with Crippen molar-refractivity contribution < 1.29 is 13.9 Å². The Kier molecular flexibility index (Phi) is 5.80. The molecule has 9 heteroatoms. The average molecular weight is 376 g/mol. The molecule has 1 aliphatic rings. The average Bonchev–Trinajstić information content (AvgIpc) is 3.34. The van der Waals surface area contributed by atoms with E-state index in [-0.39, 0.29) is 24.0 Å². The lowest BCUT2D eigenvalue weighted by atomic mass is 10.2. The first-order valence-corrected chi connectivity index (χ1v) is 9.11. The minimum absolute atomic E-state index is 0.0188. The van der Waals surface area contributed by atoms with Crippen molar-refractivity contribution in [1.82, 2.24) is 9.55 Å². The zero-order valence-corrected chi connectivity index (χ0v) is 15.3. The normalized spacial score (nSPS) is 16.6. The molecule has 0 saturated carbocycles. The molecule has 1 amide bonds. The highest BCUT2D eigenvalue weighted by atomic mass is 16.5. The maximum atomic E-state index is 13.1. The fourth-order valence-electron chi connectivity index (χ4n) is 3.15. The van der Waals surface area contributed by atoms with E-state index in [9.17, 15) is 14.4 Å². The Labute approximate surface area is 155 Å². The standard InChI is InChI=1S/C18H24N4O5/c1-2-3-8-21-15(19)14(16(23)20-18(21)25)22(11-12-6-4-9-26-12)17(24)13-7-5-10-27-13/h4,6,9,13H,2-3,5,7-8,10-11,19H2,1H3,(H,20,23,25). The van der Waals surface area contributed by atoms with Crippen molar-refractivity contribution >= 4 is 17.4 Å². The first-order valence-electron chi connectivity index (χ1n) is 9.11. The molecular formula is C18H24N4O5. The number of rotatable bonds is 7. The Balaban J connectivity index is 2.06. The van der Waals surface area contributed by atoms with Gasteiger partial charge in [0, 0.05) is 13.2 Å². The Morgan fingerprint density at radius 1 is 1.44 bits per heavy atom. The molecule has 146 valence electrons. The van der Waals surface area contributed by atoms with Gasteiger partial charge in [-0.1, -0.05) is 13.3 Å². The lowest BCUT2D eigenvalue weighted by Gasteiger charge is -2.25. The number of hydrogen-bond acceptors (Lipinski definition) is 6. The SMILES string of the molecule is CCCCn1c(N)c(N(Cc2ccco2)C(=O)C2CCCO2)c(=O)[nH]c1=O. The second-order valence-corrected chi connectivity index (χ2v) is 6.50. The zero-order valence-electron chi connectivity index (χ0n) is 15.3. The van der Waals surface area contributed by atoms with Gasteiger partial charge in [-0.2, -0.15) is 0 Å². The highest BCUT2D eigenvalue weighted by Crippen LogP contribution is 2.24. The Hall–Kier alpha value is -2.81. The van der Waals surface area contributed by atoms with Crippen LogP contribution in [0.2, 0.25) is 0 Å². The van der Waals surface area contributed by atoms with Crippen molar-refractivity contribution in [1.29, 1.82) is 0 Å². The molecule has 2 aromatic rings. The van der Waals surface area contributed by atoms with Gasteiger partial charge in [-0.25, -0.2) is 4.79 Å². The van der Waals surface area contributed by atoms with Crippen LogP contribution in [0.5, 0.6) is 0 Å². The van der Waals surface area contributed by atoms with Crippen LogP contribution in [0.4, 0.5) is 11.5 Å². The number of nitrogens with two attached hydrogens (primary N) is 1. The monoisotopic (exact) mass is 376 g/mol. The minimum Gasteiger partial charge on any atom is -0.467 e. The molecule has 3 rings (SSSR count). The van der Waals surface area contributed by atoms with Crippen LogP contribution in [0, 0.1) is 0 Å². The third-order valence-electron chi connectivity index (χ3n) is 4.58. The van der Waals surface area contributed by atoms with Crippen molar-refractivity contribution in [3.05, 3.63) is 45.0 Å². The van der Waals surface area contributed by atoms with Gasteiger partial charge in [-0.15, -0.1) is 0 Å². The fourth-order valence-corrected chi connectivity index (χ4v) is 3.15. The van der Waals surface area contributed by atoms with E-state index in [0.717, 1.165) is 12.8 Å². The summed E-state index contributed by atoms with van der Waals surface area (Å²) in [6.45, 7) is 2.85. The van der Waals surface area contributed by atoms with Crippen molar-refractivity contribution in [2.24, 2.45) is 0 Å². The van der Waals surface area contributed by atoms with Crippen molar-refractivity contribution in [2.75, 3.05) is 17.2 Å². The number of carbonyl (C=O) groups excluding carboxylic acids is 1. The summed E-state index contributed by atoms with van der Waals surface area (Å²) in [5.41, 5.74) is 4.83. The number of nitrogen functional groups attached to an aromatic ring is 1. The number of aromatic amines is 1. The Bertz CT molecular complexity index is 893. The van der Waals surface area contributed by atoms with Gasteiger partial charge in [0.15, 0.2) is 5.69 Å². The fraction of sp³-hybridized carbons (Fsp3) is 0.500. The minimum atomic E-state index is -0.705. The summed E-state index contributed by atoms with van der Waals surface area (Å²) >= 11 is 0. The van der Waals surface area contributed by atoms with Crippen LogP contribution in [0.25, 0.3) is 0 Å². The Morgan fingerprint density at radius 3 is 2.89 bits per heavy atom. The van der Waals surface area contributed by atoms with Gasteiger partial charge in [-0.3, -0.25) is 24.0 Å². The molecule has 1 saturated heterocycles. The smallest absolute Gasteiger partial charge is 0.330 e. The van der Waals surface area contributed by atoms with Gasteiger partial charge in [0.1, 0.15) is 17.7 Å². The number of aromatic nitrogens is 2. The molecule has 3 N–H and O–H groups in total. The molecule has 1 aliphatic heterocycles. The van der Waals surface area contributed by atoms with Crippen molar-refractivity contribution in [3.63, 3.8) is 0 Å². The number of H-pyrrole nitrogens is 1. The molecule has 1 unspecified atom stereocenters. The lowest BCUT2D eigenvalue weighted by molar-refractivity contribution is -0.127. The van der Waals surface area contributed by atoms with Crippen molar-refractivity contribution in [3.8, 4) is 0 Å². The number of nitrogens with zero attached hydrogens (tertiary/aromatic N) is 2. The third-order valence-corrected chi connectivity index (χ3v) is 4.58. The largest absolute Gasteiger partial charge is 0.467 e. The highest BCUT2D eigenvalue weighted by molar-refractivity contribution is 5.98. The Morgan fingerprint density at radius 2 is 2.26 bits per heavy atom. The summed E-state index contributed by atoms with van der Waals surface area (Å²) in [4.78, 5) is 41.3. The van der Waals surface area contributed by atoms with Gasteiger partial charge in [0.25, 0.3) is 11.5 Å². The van der Waals surface area contributed by atoms with E-state index in [1.165, 1.54) is 15.7 Å². The van der Waals surface area contributed by atoms with Crippen LogP contribution in [-0.2, 0) is 22.6 Å². The van der Waals surface area contributed by atoms with Crippen LogP contribution < -0.4 is 21.9 Å². The van der Waals surface area contributed by atoms with Gasteiger partial charge in [0.2, 0.25) is 0 Å². The van der Waals surface area contributed by atoms with E-state index in [0.29, 0.717) is 31.8 Å². The van der Waals surface area contributed by atoms with Gasteiger partial charge in [-0.05, 0) is 31.4 Å². The predicted octanol–water partition coefficient (Wildman–Crippen LogP) is 1.22. The molecule has 0 bridgehead atoms. The summed E-state index contributed by atoms with van der Waals surface area (Å²) in [5.74, 6) is 0.0864. The van der Waals surface area contributed by atoms with Crippen LogP contribution in [-0.4, -0.2) is 28.2 Å². The number of unbranched alkanes of at least 4 members (excludes halogenated alkanes) is 1. The van der Waals surface area contributed by atoms with E-state index >= 15 is 0 Å². The van der Waals surface area contributed by atoms with Gasteiger partial charge < -0.3 is 14.9 Å². The highest BCUT2D eigenvalue weighted by Gasteiger charge is 2.33. The quantitative estimate of drug-likeness (QED) is 0.749. The molecule has 9 nitrogen and oxygen atoms in total. The van der Waals surface area contributed by atoms with Crippen LogP contribution in [0.1, 0.15) is 38.4 Å². The van der Waals surface area contributed by atoms with Crippen molar-refractivity contribution in [2.45, 2.75) is 51.8 Å². The molecule has 0 spiro atoms.